The van der Waals surface area contributed by atoms with Gasteiger partial charge in [-0.15, -0.1) is 0 Å². The summed E-state index contributed by atoms with van der Waals surface area (Å²) in [5.74, 6) is 0.350. The van der Waals surface area contributed by atoms with Crippen molar-refractivity contribution in [1.29, 1.82) is 0 Å². The fourth-order valence-electron chi connectivity index (χ4n) is 2.16. The maximum Gasteiger partial charge on any atom is 0.270 e. The first kappa shape index (κ1) is 16.4. The lowest BCUT2D eigenvalue weighted by atomic mass is 10.1. The highest BCUT2D eigenvalue weighted by atomic mass is 35.7. The number of hydrogen-bond acceptors (Lipinski definition) is 3. The van der Waals surface area contributed by atoms with E-state index < -0.39 is 9.05 Å². The van der Waals surface area contributed by atoms with Gasteiger partial charge in [0.25, 0.3) is 15.0 Å². The molecule has 0 bridgehead atoms. The predicted molar refractivity (Wildman–Crippen MR) is 82.2 cm³/mol. The van der Waals surface area contributed by atoms with Crippen molar-refractivity contribution in [3.05, 3.63) is 18.0 Å². The number of nitrogens with zero attached hydrogens (tertiary/aromatic N) is 2. The van der Waals surface area contributed by atoms with Crippen molar-refractivity contribution in [2.75, 3.05) is 13.6 Å². The van der Waals surface area contributed by atoms with Gasteiger partial charge in [0.2, 0.25) is 0 Å². The number of carbonyl (C=O) groups excluding carboxylic acids is 1. The molecule has 21 heavy (non-hydrogen) atoms. The topological polar surface area (TPSA) is 59.4 Å². The van der Waals surface area contributed by atoms with E-state index in [-0.39, 0.29) is 16.8 Å². The van der Waals surface area contributed by atoms with Crippen LogP contribution in [-0.2, 0) is 9.05 Å². The van der Waals surface area contributed by atoms with Gasteiger partial charge < -0.3 is 9.47 Å². The molecular formula is C14H21ClN2O3S. The minimum atomic E-state index is -3.81. The Kier molecular flexibility index (Phi) is 4.68. The summed E-state index contributed by atoms with van der Waals surface area (Å²) < 4.78 is 24.7. The van der Waals surface area contributed by atoms with Crippen LogP contribution in [0, 0.1) is 5.92 Å². The summed E-state index contributed by atoms with van der Waals surface area (Å²) >= 11 is 0. The van der Waals surface area contributed by atoms with Crippen LogP contribution in [-0.4, -0.2) is 37.4 Å². The molecule has 1 aromatic rings. The predicted octanol–water partition coefficient (Wildman–Crippen LogP) is 2.87. The average molecular weight is 333 g/mol. The Morgan fingerprint density at radius 3 is 2.57 bits per heavy atom. The van der Waals surface area contributed by atoms with Gasteiger partial charge in [0.05, 0.1) is 0 Å². The largest absolute Gasteiger partial charge is 0.340 e. The van der Waals surface area contributed by atoms with Gasteiger partial charge >= 0.3 is 0 Å². The van der Waals surface area contributed by atoms with Crippen molar-refractivity contribution < 1.29 is 13.2 Å². The Balaban J connectivity index is 2.25. The van der Waals surface area contributed by atoms with Crippen LogP contribution in [0.15, 0.2) is 17.2 Å². The molecule has 0 spiro atoms. The Morgan fingerprint density at radius 1 is 1.48 bits per heavy atom. The first-order valence-corrected chi connectivity index (χ1v) is 9.43. The monoisotopic (exact) mass is 332 g/mol. The molecule has 1 aliphatic rings. The molecule has 1 saturated carbocycles. The lowest BCUT2D eigenvalue weighted by Gasteiger charge is -2.19. The third-order valence-electron chi connectivity index (χ3n) is 3.65. The standard InChI is InChI=1S/C14H21ClN2O3S/c1-10(2)6-7-16(3)14(18)13-8-12(21(15,19)20)9-17(13)11-4-5-11/h8-11H,4-7H2,1-3H3. The molecule has 0 saturated heterocycles. The molecule has 0 unspecified atom stereocenters. The number of carbonyl (C=O) groups is 1. The van der Waals surface area contributed by atoms with Crippen LogP contribution in [0.25, 0.3) is 0 Å². The fourth-order valence-corrected chi connectivity index (χ4v) is 2.91. The molecule has 0 aromatic carbocycles. The summed E-state index contributed by atoms with van der Waals surface area (Å²) in [6, 6.07) is 1.60. The van der Waals surface area contributed by atoms with Crippen LogP contribution in [0.2, 0.25) is 0 Å². The highest BCUT2D eigenvalue weighted by Gasteiger charge is 2.31. The molecule has 1 heterocycles. The van der Waals surface area contributed by atoms with Gasteiger partial charge in [-0.3, -0.25) is 4.79 Å². The summed E-state index contributed by atoms with van der Waals surface area (Å²) in [5.41, 5.74) is 0.406. The lowest BCUT2D eigenvalue weighted by Crippen LogP contribution is -2.30. The van der Waals surface area contributed by atoms with Crippen molar-refractivity contribution in [1.82, 2.24) is 9.47 Å². The minimum Gasteiger partial charge on any atom is -0.340 e. The lowest BCUT2D eigenvalue weighted by molar-refractivity contribution is 0.0778. The number of hydrogen-bond donors (Lipinski definition) is 0. The van der Waals surface area contributed by atoms with Gasteiger partial charge in [-0.2, -0.15) is 0 Å². The van der Waals surface area contributed by atoms with Crippen molar-refractivity contribution in [2.45, 2.75) is 44.0 Å². The Morgan fingerprint density at radius 2 is 2.10 bits per heavy atom. The number of aromatic nitrogens is 1. The Bertz CT molecular complexity index is 633. The van der Waals surface area contributed by atoms with Gasteiger partial charge in [0.1, 0.15) is 10.6 Å². The summed E-state index contributed by atoms with van der Waals surface area (Å²) in [4.78, 5) is 14.2. The summed E-state index contributed by atoms with van der Waals surface area (Å²) in [5, 5.41) is 0. The van der Waals surface area contributed by atoms with Gasteiger partial charge in [-0.25, -0.2) is 8.42 Å². The van der Waals surface area contributed by atoms with Crippen LogP contribution in [0.1, 0.15) is 49.6 Å². The Labute approximate surface area is 130 Å². The number of rotatable bonds is 6. The van der Waals surface area contributed by atoms with E-state index in [1.807, 2.05) is 0 Å². The second-order valence-electron chi connectivity index (χ2n) is 6.05. The molecule has 7 heteroatoms. The van der Waals surface area contributed by atoms with E-state index in [1.54, 1.807) is 16.5 Å². The normalized spacial score (nSPS) is 15.5. The van der Waals surface area contributed by atoms with Crippen LogP contribution in [0.4, 0.5) is 0 Å². The van der Waals surface area contributed by atoms with E-state index in [4.69, 9.17) is 10.7 Å². The average Bonchev–Trinajstić information content (AvgIpc) is 3.12. The molecule has 1 amide bonds. The summed E-state index contributed by atoms with van der Waals surface area (Å²) in [6.45, 7) is 4.85. The third-order valence-corrected chi connectivity index (χ3v) is 4.97. The maximum atomic E-state index is 12.5. The zero-order chi connectivity index (χ0) is 15.8. The molecule has 0 radical (unpaired) electrons. The minimum absolute atomic E-state index is 0.00308. The molecule has 2 rings (SSSR count). The first-order valence-electron chi connectivity index (χ1n) is 7.12. The fraction of sp³-hybridized carbons (Fsp3) is 0.643. The van der Waals surface area contributed by atoms with Crippen molar-refractivity contribution >= 4 is 25.6 Å². The molecule has 1 aromatic heterocycles. The first-order chi connectivity index (χ1) is 9.70. The maximum absolute atomic E-state index is 12.5. The molecule has 118 valence electrons. The van der Waals surface area contributed by atoms with E-state index >= 15 is 0 Å². The molecule has 1 fully saturated rings. The molecule has 0 aliphatic heterocycles. The molecule has 0 atom stereocenters. The second kappa shape index (κ2) is 6.01. The van der Waals surface area contributed by atoms with Crippen LogP contribution < -0.4 is 0 Å². The second-order valence-corrected chi connectivity index (χ2v) is 8.61. The highest BCUT2D eigenvalue weighted by molar-refractivity contribution is 8.13. The van der Waals surface area contributed by atoms with Gasteiger partial charge in [0.15, 0.2) is 0 Å². The van der Waals surface area contributed by atoms with E-state index in [9.17, 15) is 13.2 Å². The molecule has 5 nitrogen and oxygen atoms in total. The third kappa shape index (κ3) is 4.01. The Hall–Kier alpha value is -1.01. The number of halogens is 1. The van der Waals surface area contributed by atoms with Crippen molar-refractivity contribution in [3.8, 4) is 0 Å². The summed E-state index contributed by atoms with van der Waals surface area (Å²) in [7, 11) is 3.32. The van der Waals surface area contributed by atoms with Gasteiger partial charge in [0, 0.05) is 36.5 Å². The van der Waals surface area contributed by atoms with E-state index in [1.165, 1.54) is 12.3 Å². The quantitative estimate of drug-likeness (QED) is 0.753. The van der Waals surface area contributed by atoms with Crippen molar-refractivity contribution in [3.63, 3.8) is 0 Å². The zero-order valence-electron chi connectivity index (χ0n) is 12.5. The van der Waals surface area contributed by atoms with Crippen molar-refractivity contribution in [2.24, 2.45) is 5.92 Å². The number of amides is 1. The smallest absolute Gasteiger partial charge is 0.270 e. The van der Waals surface area contributed by atoms with Crippen LogP contribution in [0.5, 0.6) is 0 Å². The summed E-state index contributed by atoms with van der Waals surface area (Å²) in [6.07, 6.45) is 4.31. The zero-order valence-corrected chi connectivity index (χ0v) is 14.1. The van der Waals surface area contributed by atoms with Crippen LogP contribution in [0.3, 0.4) is 0 Å². The molecular weight excluding hydrogens is 312 g/mol. The van der Waals surface area contributed by atoms with E-state index in [0.717, 1.165) is 19.3 Å². The van der Waals surface area contributed by atoms with E-state index in [0.29, 0.717) is 18.2 Å². The van der Waals surface area contributed by atoms with E-state index in [2.05, 4.69) is 13.8 Å². The molecule has 1 aliphatic carbocycles. The van der Waals surface area contributed by atoms with Gasteiger partial charge in [-0.05, 0) is 31.2 Å². The SMILES string of the molecule is CC(C)CCN(C)C(=O)c1cc(S(=O)(=O)Cl)cn1C1CC1. The van der Waals surface area contributed by atoms with Crippen LogP contribution >= 0.6 is 10.7 Å². The molecule has 0 N–H and O–H groups in total. The van der Waals surface area contributed by atoms with Gasteiger partial charge in [-0.1, -0.05) is 13.8 Å². The highest BCUT2D eigenvalue weighted by Crippen LogP contribution is 2.38.